The minimum absolute atomic E-state index is 0.169. The molecule has 1 amide bonds. The third-order valence-electron chi connectivity index (χ3n) is 5.69. The zero-order valence-corrected chi connectivity index (χ0v) is 17.6. The quantitative estimate of drug-likeness (QED) is 0.484. The van der Waals surface area contributed by atoms with Crippen LogP contribution < -0.4 is 15.0 Å². The monoisotopic (exact) mass is 409 g/mol. The Morgan fingerprint density at radius 1 is 1.03 bits per heavy atom. The number of nitrogens with zero attached hydrogens (tertiary/aromatic N) is 2. The van der Waals surface area contributed by atoms with Crippen molar-refractivity contribution in [3.05, 3.63) is 89.5 Å². The normalized spacial score (nSPS) is 12.6. The van der Waals surface area contributed by atoms with Crippen LogP contribution in [0.15, 0.2) is 72.8 Å². The fourth-order valence-electron chi connectivity index (χ4n) is 4.05. The molecule has 0 bridgehead atoms. The third kappa shape index (κ3) is 3.59. The van der Waals surface area contributed by atoms with Gasteiger partial charge >= 0.3 is 0 Å². The van der Waals surface area contributed by atoms with Gasteiger partial charge in [-0.3, -0.25) is 4.79 Å². The van der Waals surface area contributed by atoms with E-state index in [-0.39, 0.29) is 5.91 Å². The Hall–Kier alpha value is -3.86. The summed E-state index contributed by atoms with van der Waals surface area (Å²) < 4.78 is 5.31. The molecule has 3 aromatic carbocycles. The Kier molecular flexibility index (Phi) is 4.79. The predicted molar refractivity (Wildman–Crippen MR) is 125 cm³/mol. The van der Waals surface area contributed by atoms with Crippen molar-refractivity contribution in [2.45, 2.75) is 13.3 Å². The number of pyridine rings is 1. The van der Waals surface area contributed by atoms with Gasteiger partial charge in [-0.05, 0) is 73.0 Å². The highest BCUT2D eigenvalue weighted by Crippen LogP contribution is 2.35. The number of aromatic nitrogens is 1. The summed E-state index contributed by atoms with van der Waals surface area (Å²) in [4.78, 5) is 19.9. The molecular formula is C26H23N3O2. The first kappa shape index (κ1) is 19.1. The van der Waals surface area contributed by atoms with Crippen molar-refractivity contribution in [3.8, 4) is 5.75 Å². The summed E-state index contributed by atoms with van der Waals surface area (Å²) in [6, 6.07) is 23.7. The highest BCUT2D eigenvalue weighted by Gasteiger charge is 2.23. The van der Waals surface area contributed by atoms with Crippen LogP contribution in [-0.4, -0.2) is 24.5 Å². The molecule has 1 N–H and O–H groups in total. The lowest BCUT2D eigenvalue weighted by atomic mass is 10.1. The van der Waals surface area contributed by atoms with Gasteiger partial charge in [0.2, 0.25) is 0 Å². The standard InChI is InChI=1S/C26H23N3O2/c1-17-7-8-19-16-20-13-14-29(25(20)27-23(19)15-17)21-11-9-18(10-12-21)26(30)28-22-5-3-4-6-24(22)31-2/h3-12,15-16H,13-14H2,1-2H3,(H,28,30). The summed E-state index contributed by atoms with van der Waals surface area (Å²) in [5, 5.41) is 4.09. The summed E-state index contributed by atoms with van der Waals surface area (Å²) in [5.74, 6) is 1.47. The first-order valence-electron chi connectivity index (χ1n) is 10.3. The van der Waals surface area contributed by atoms with Gasteiger partial charge in [-0.15, -0.1) is 0 Å². The Morgan fingerprint density at radius 3 is 2.65 bits per heavy atom. The fraction of sp³-hybridized carbons (Fsp3) is 0.154. The van der Waals surface area contributed by atoms with Gasteiger partial charge in [0.05, 0.1) is 18.3 Å². The molecule has 5 rings (SSSR count). The van der Waals surface area contributed by atoms with Crippen LogP contribution in [0.2, 0.25) is 0 Å². The van der Waals surface area contributed by atoms with Gasteiger partial charge < -0.3 is 15.0 Å². The third-order valence-corrected chi connectivity index (χ3v) is 5.69. The Bertz CT molecular complexity index is 1280. The van der Waals surface area contributed by atoms with Gasteiger partial charge in [-0.1, -0.05) is 24.3 Å². The van der Waals surface area contributed by atoms with Gasteiger partial charge in [0.15, 0.2) is 0 Å². The SMILES string of the molecule is COc1ccccc1NC(=O)c1ccc(N2CCc3cc4ccc(C)cc4nc32)cc1. The average Bonchev–Trinajstić information content (AvgIpc) is 3.20. The summed E-state index contributed by atoms with van der Waals surface area (Å²) in [6.07, 6.45) is 0.961. The fourth-order valence-corrected chi connectivity index (χ4v) is 4.05. The maximum absolute atomic E-state index is 12.7. The summed E-state index contributed by atoms with van der Waals surface area (Å²) >= 11 is 0. The Labute approximate surface area is 181 Å². The van der Waals surface area contributed by atoms with E-state index in [0.29, 0.717) is 17.0 Å². The van der Waals surface area contributed by atoms with Gasteiger partial charge in [0, 0.05) is 23.2 Å². The Morgan fingerprint density at radius 2 is 1.84 bits per heavy atom. The number of ether oxygens (including phenoxy) is 1. The van der Waals surface area contributed by atoms with E-state index in [4.69, 9.17) is 9.72 Å². The number of fused-ring (bicyclic) bond motifs is 2. The molecule has 4 aromatic rings. The Balaban J connectivity index is 1.39. The lowest BCUT2D eigenvalue weighted by molar-refractivity contribution is 0.102. The number of aryl methyl sites for hydroxylation is 1. The predicted octanol–water partition coefficient (Wildman–Crippen LogP) is 5.50. The molecule has 0 saturated heterocycles. The van der Waals surface area contributed by atoms with E-state index in [1.54, 1.807) is 7.11 Å². The van der Waals surface area contributed by atoms with Crippen molar-refractivity contribution in [2.24, 2.45) is 0 Å². The smallest absolute Gasteiger partial charge is 0.255 e. The van der Waals surface area contributed by atoms with E-state index in [1.165, 1.54) is 16.5 Å². The van der Waals surface area contributed by atoms with Crippen molar-refractivity contribution >= 4 is 34.0 Å². The van der Waals surface area contributed by atoms with E-state index in [9.17, 15) is 4.79 Å². The van der Waals surface area contributed by atoms with E-state index < -0.39 is 0 Å². The highest BCUT2D eigenvalue weighted by molar-refractivity contribution is 6.05. The molecule has 1 aromatic heterocycles. The number of benzene rings is 3. The van der Waals surface area contributed by atoms with E-state index in [0.717, 1.165) is 30.0 Å². The summed E-state index contributed by atoms with van der Waals surface area (Å²) in [7, 11) is 1.59. The molecule has 5 heteroatoms. The van der Waals surface area contributed by atoms with Crippen molar-refractivity contribution in [2.75, 3.05) is 23.9 Å². The van der Waals surface area contributed by atoms with Crippen LogP contribution >= 0.6 is 0 Å². The lowest BCUT2D eigenvalue weighted by Crippen LogP contribution is -2.16. The highest BCUT2D eigenvalue weighted by atomic mass is 16.5. The molecule has 0 radical (unpaired) electrons. The van der Waals surface area contributed by atoms with Crippen LogP contribution in [-0.2, 0) is 6.42 Å². The average molecular weight is 409 g/mol. The molecule has 1 aliphatic rings. The maximum atomic E-state index is 12.7. The molecule has 0 unspecified atom stereocenters. The number of carbonyl (C=O) groups excluding carboxylic acids is 1. The minimum Gasteiger partial charge on any atom is -0.495 e. The lowest BCUT2D eigenvalue weighted by Gasteiger charge is -2.19. The number of rotatable bonds is 4. The van der Waals surface area contributed by atoms with Crippen molar-refractivity contribution in [3.63, 3.8) is 0 Å². The molecule has 154 valence electrons. The molecule has 0 aliphatic carbocycles. The van der Waals surface area contributed by atoms with Crippen LogP contribution in [0.25, 0.3) is 10.9 Å². The maximum Gasteiger partial charge on any atom is 0.255 e. The molecule has 2 heterocycles. The number of amides is 1. The van der Waals surface area contributed by atoms with Gasteiger partial charge in [0.25, 0.3) is 5.91 Å². The second-order valence-electron chi connectivity index (χ2n) is 7.77. The zero-order chi connectivity index (χ0) is 21.4. The molecule has 0 fully saturated rings. The second-order valence-corrected chi connectivity index (χ2v) is 7.77. The van der Waals surface area contributed by atoms with Crippen LogP contribution in [0, 0.1) is 6.92 Å². The van der Waals surface area contributed by atoms with Gasteiger partial charge in [-0.25, -0.2) is 4.98 Å². The second kappa shape index (κ2) is 7.76. The molecule has 1 aliphatic heterocycles. The van der Waals surface area contributed by atoms with Crippen LogP contribution in [0.3, 0.4) is 0 Å². The molecule has 5 nitrogen and oxygen atoms in total. The van der Waals surface area contributed by atoms with E-state index in [2.05, 4.69) is 41.4 Å². The number of hydrogen-bond donors (Lipinski definition) is 1. The van der Waals surface area contributed by atoms with E-state index in [1.807, 2.05) is 48.5 Å². The first-order valence-corrected chi connectivity index (χ1v) is 10.3. The number of nitrogens with one attached hydrogen (secondary N) is 1. The number of carbonyl (C=O) groups is 1. The molecular weight excluding hydrogens is 386 g/mol. The topological polar surface area (TPSA) is 54.5 Å². The minimum atomic E-state index is -0.169. The van der Waals surface area contributed by atoms with E-state index >= 15 is 0 Å². The van der Waals surface area contributed by atoms with Crippen molar-refractivity contribution < 1.29 is 9.53 Å². The first-order chi connectivity index (χ1) is 15.1. The summed E-state index contributed by atoms with van der Waals surface area (Å²) in [5.41, 5.74) is 5.75. The number of para-hydroxylation sites is 2. The van der Waals surface area contributed by atoms with Crippen LogP contribution in [0.4, 0.5) is 17.2 Å². The van der Waals surface area contributed by atoms with Gasteiger partial charge in [0.1, 0.15) is 11.6 Å². The zero-order valence-electron chi connectivity index (χ0n) is 17.6. The van der Waals surface area contributed by atoms with Crippen molar-refractivity contribution in [1.29, 1.82) is 0 Å². The number of anilines is 3. The number of hydrogen-bond acceptors (Lipinski definition) is 4. The van der Waals surface area contributed by atoms with Crippen LogP contribution in [0.1, 0.15) is 21.5 Å². The molecule has 0 atom stereocenters. The number of methoxy groups -OCH3 is 1. The molecule has 0 saturated carbocycles. The summed E-state index contributed by atoms with van der Waals surface area (Å²) in [6.45, 7) is 2.96. The molecule has 0 spiro atoms. The van der Waals surface area contributed by atoms with Crippen molar-refractivity contribution in [1.82, 2.24) is 4.98 Å². The largest absolute Gasteiger partial charge is 0.495 e. The van der Waals surface area contributed by atoms with Gasteiger partial charge in [-0.2, -0.15) is 0 Å². The molecule has 31 heavy (non-hydrogen) atoms. The van der Waals surface area contributed by atoms with Crippen LogP contribution in [0.5, 0.6) is 5.75 Å².